The molecule has 3 rings (SSSR count). The number of nitrogens with one attached hydrogen (secondary N) is 1. The molecule has 1 aliphatic rings. The molecule has 1 saturated heterocycles. The Hall–Kier alpha value is -2.72. The Kier molecular flexibility index (Phi) is 12.6. The first-order valence-corrected chi connectivity index (χ1v) is 15.9. The van der Waals surface area contributed by atoms with E-state index >= 15 is 0 Å². The zero-order chi connectivity index (χ0) is 30.9. The van der Waals surface area contributed by atoms with Crippen LogP contribution in [0.25, 0.3) is 0 Å². The van der Waals surface area contributed by atoms with E-state index in [-0.39, 0.29) is 52.7 Å². The minimum atomic E-state index is -4.12. The fourth-order valence-electron chi connectivity index (χ4n) is 4.00. The van der Waals surface area contributed by atoms with Crippen molar-refractivity contribution in [3.05, 3.63) is 70.7 Å². The number of allylic oxidation sites excluding steroid dienone is 3. The maximum absolute atomic E-state index is 13.6. The first-order valence-electron chi connectivity index (χ1n) is 12.7. The first kappa shape index (κ1) is 33.8. The lowest BCUT2D eigenvalue weighted by atomic mass is 9.93. The second-order valence-corrected chi connectivity index (χ2v) is 12.8. The van der Waals surface area contributed by atoms with Gasteiger partial charge in [0.25, 0.3) is 15.2 Å². The first-order chi connectivity index (χ1) is 20.0. The number of thioether (sulfide) groups is 1. The van der Waals surface area contributed by atoms with Gasteiger partial charge in [0.1, 0.15) is 21.7 Å². The van der Waals surface area contributed by atoms with Gasteiger partial charge in [-0.15, -0.1) is 11.8 Å². The van der Waals surface area contributed by atoms with Crippen LogP contribution in [-0.2, 0) is 30.7 Å². The van der Waals surface area contributed by atoms with Gasteiger partial charge in [-0.25, -0.2) is 18.5 Å². The molecule has 2 aromatic heterocycles. The Bertz CT molecular complexity index is 1390. The van der Waals surface area contributed by atoms with E-state index in [0.717, 1.165) is 34.9 Å². The van der Waals surface area contributed by atoms with E-state index < -0.39 is 33.7 Å². The van der Waals surface area contributed by atoms with Crippen molar-refractivity contribution in [3.63, 3.8) is 0 Å². The van der Waals surface area contributed by atoms with Gasteiger partial charge in [0, 0.05) is 29.0 Å². The van der Waals surface area contributed by atoms with E-state index in [1.807, 2.05) is 6.92 Å². The molecule has 0 aromatic carbocycles. The van der Waals surface area contributed by atoms with Gasteiger partial charge in [0.05, 0.1) is 6.61 Å². The van der Waals surface area contributed by atoms with E-state index in [0.29, 0.717) is 22.5 Å². The normalized spacial score (nSPS) is 17.4. The van der Waals surface area contributed by atoms with Crippen molar-refractivity contribution in [2.75, 3.05) is 18.9 Å². The van der Waals surface area contributed by atoms with Gasteiger partial charge >= 0.3 is 6.61 Å². The van der Waals surface area contributed by atoms with Crippen molar-refractivity contribution >= 4 is 50.8 Å². The standard InChI is InChI=1S/C25H30Cl2F2N5O6S2/c1-3-5-9-39-22(21(4-2)40-24(28)29)7-6-16(11-17-18(26)13-33(36)14-19(17)27)12-20(35)23-34(8-10-41-23)42(37,38)25-30-15-31-32-25/h4,6-7,13-16,23-24,36H,2-3,5,8-12H2,1H3,(H,30,31,32)/q+1/b7-6+,22-21-/t16-,23+/m1/s1. The number of ether oxygens (including phenoxy) is 2. The number of pyridine rings is 1. The van der Waals surface area contributed by atoms with Gasteiger partial charge in [-0.1, -0.05) is 49.2 Å². The molecule has 0 spiro atoms. The predicted molar refractivity (Wildman–Crippen MR) is 151 cm³/mol. The number of carbonyl (C=O) groups excluding carboxylic acids is 1. The number of aromatic amines is 1. The quantitative estimate of drug-likeness (QED) is 0.0869. The lowest BCUT2D eigenvalue weighted by molar-refractivity contribution is -0.904. The van der Waals surface area contributed by atoms with Crippen molar-refractivity contribution in [2.24, 2.45) is 5.92 Å². The number of hydrogen-bond donors (Lipinski definition) is 2. The number of sulfonamides is 1. The molecule has 230 valence electrons. The maximum Gasteiger partial charge on any atom is 0.387 e. The summed E-state index contributed by atoms with van der Waals surface area (Å²) in [6, 6.07) is 0. The van der Waals surface area contributed by atoms with Crippen LogP contribution in [0.3, 0.4) is 0 Å². The molecular formula is C25H30Cl2F2N5O6S2+. The van der Waals surface area contributed by atoms with Gasteiger partial charge in [-0.3, -0.25) is 10.0 Å². The second-order valence-electron chi connectivity index (χ2n) is 8.95. The molecule has 1 aliphatic heterocycles. The van der Waals surface area contributed by atoms with Gasteiger partial charge < -0.3 is 9.47 Å². The lowest BCUT2D eigenvalue weighted by Gasteiger charge is -2.22. The Morgan fingerprint density at radius 3 is 2.67 bits per heavy atom. The third-order valence-corrected chi connectivity index (χ3v) is 9.72. The second kappa shape index (κ2) is 15.7. The highest BCUT2D eigenvalue weighted by molar-refractivity contribution is 8.02. The number of H-pyrrole nitrogens is 1. The van der Waals surface area contributed by atoms with Crippen LogP contribution in [0.4, 0.5) is 8.78 Å². The number of aromatic nitrogens is 4. The largest absolute Gasteiger partial charge is 0.490 e. The molecule has 1 fully saturated rings. The summed E-state index contributed by atoms with van der Waals surface area (Å²) in [6.45, 7) is 2.63. The van der Waals surface area contributed by atoms with Crippen LogP contribution in [0.5, 0.6) is 0 Å². The van der Waals surface area contributed by atoms with Crippen LogP contribution in [0.15, 0.2) is 60.2 Å². The van der Waals surface area contributed by atoms with E-state index in [9.17, 15) is 27.2 Å². The van der Waals surface area contributed by atoms with Crippen LogP contribution in [0, 0.1) is 5.92 Å². The summed E-state index contributed by atoms with van der Waals surface area (Å²) in [5.74, 6) is -1.03. The molecule has 3 heterocycles. The maximum atomic E-state index is 13.6. The smallest absolute Gasteiger partial charge is 0.387 e. The predicted octanol–water partition coefficient (Wildman–Crippen LogP) is 4.53. The molecule has 11 nitrogen and oxygen atoms in total. The Morgan fingerprint density at radius 2 is 2.07 bits per heavy atom. The number of hydrogen-bond acceptors (Lipinski definition) is 9. The molecule has 0 saturated carbocycles. The number of ketones is 1. The Labute approximate surface area is 256 Å². The van der Waals surface area contributed by atoms with Gasteiger partial charge in [-0.05, 0) is 30.9 Å². The molecule has 0 unspecified atom stereocenters. The van der Waals surface area contributed by atoms with Crippen LogP contribution < -0.4 is 4.73 Å². The van der Waals surface area contributed by atoms with Crippen LogP contribution in [-0.4, -0.2) is 69.8 Å². The summed E-state index contributed by atoms with van der Waals surface area (Å²) < 4.78 is 64.3. The summed E-state index contributed by atoms with van der Waals surface area (Å²) >= 11 is 13.8. The van der Waals surface area contributed by atoms with Crippen molar-refractivity contribution in [1.82, 2.24) is 19.5 Å². The topological polar surface area (TPSA) is 139 Å². The number of nitrogens with zero attached hydrogens (tertiary/aromatic N) is 4. The van der Waals surface area contributed by atoms with Crippen molar-refractivity contribution < 1.29 is 41.4 Å². The zero-order valence-corrected chi connectivity index (χ0v) is 25.6. The van der Waals surface area contributed by atoms with E-state index in [2.05, 4.69) is 26.5 Å². The fraction of sp³-hybridized carbons (Fsp3) is 0.440. The van der Waals surface area contributed by atoms with Crippen molar-refractivity contribution in [1.29, 1.82) is 0 Å². The van der Waals surface area contributed by atoms with Crippen molar-refractivity contribution in [2.45, 2.75) is 49.7 Å². The summed E-state index contributed by atoms with van der Waals surface area (Å²) in [4.78, 5) is 17.3. The molecule has 2 atom stereocenters. The van der Waals surface area contributed by atoms with Gasteiger partial charge in [0.2, 0.25) is 12.4 Å². The Balaban J connectivity index is 1.95. The third kappa shape index (κ3) is 8.89. The van der Waals surface area contributed by atoms with Crippen molar-refractivity contribution in [3.8, 4) is 0 Å². The third-order valence-electron chi connectivity index (χ3n) is 5.99. The number of rotatable bonds is 16. The number of Topliss-reactive ketones (excluding diaryl/α,β-unsaturated/α-hetero) is 1. The van der Waals surface area contributed by atoms with Crippen LogP contribution >= 0.6 is 35.0 Å². The zero-order valence-electron chi connectivity index (χ0n) is 22.5. The molecule has 0 amide bonds. The highest BCUT2D eigenvalue weighted by Crippen LogP contribution is 2.33. The average molecular weight is 670 g/mol. The Morgan fingerprint density at radius 1 is 1.36 bits per heavy atom. The average Bonchev–Trinajstić information content (AvgIpc) is 3.64. The lowest BCUT2D eigenvalue weighted by Crippen LogP contribution is -2.40. The number of unbranched alkanes of at least 4 members (excludes halogenated alkanes) is 1. The van der Waals surface area contributed by atoms with Crippen LogP contribution in [0.2, 0.25) is 10.0 Å². The molecule has 0 radical (unpaired) electrons. The summed E-state index contributed by atoms with van der Waals surface area (Å²) in [5, 5.41) is 14.5. The number of halogens is 4. The molecule has 17 heteroatoms. The highest BCUT2D eigenvalue weighted by atomic mass is 35.5. The summed E-state index contributed by atoms with van der Waals surface area (Å²) in [7, 11) is -4.12. The molecular weight excluding hydrogens is 639 g/mol. The molecule has 0 bridgehead atoms. The van der Waals surface area contributed by atoms with Gasteiger partial charge in [0.15, 0.2) is 17.3 Å². The summed E-state index contributed by atoms with van der Waals surface area (Å²) in [5.41, 5.74) is 0.404. The number of alkyl halides is 2. The monoisotopic (exact) mass is 668 g/mol. The molecule has 2 N–H and O–H groups in total. The molecule has 2 aromatic rings. The fourth-order valence-corrected chi connectivity index (χ4v) is 7.60. The minimum Gasteiger partial charge on any atom is -0.490 e. The SMILES string of the molecule is C=C/C(OC(F)F)=C(\C=C\[C@@H](CC(=O)[C@@H]1SCCN1S(=O)(=O)c1ncn[nH]1)Cc1c(Cl)c[n+](O)cc1Cl)OCCCC. The minimum absolute atomic E-state index is 0.0283. The molecule has 0 aliphatic carbocycles. The highest BCUT2D eigenvalue weighted by Gasteiger charge is 2.41. The van der Waals surface area contributed by atoms with E-state index in [1.165, 1.54) is 18.5 Å². The van der Waals surface area contributed by atoms with E-state index in [4.69, 9.17) is 27.9 Å². The van der Waals surface area contributed by atoms with E-state index in [1.54, 1.807) is 6.08 Å². The van der Waals surface area contributed by atoms with Crippen LogP contribution in [0.1, 0.15) is 31.7 Å². The number of carbonyl (C=O) groups is 1. The molecule has 42 heavy (non-hydrogen) atoms. The summed E-state index contributed by atoms with van der Waals surface area (Å²) in [6.07, 6.45) is 8.86. The van der Waals surface area contributed by atoms with Gasteiger partial charge in [-0.2, -0.15) is 18.2 Å².